The van der Waals surface area contributed by atoms with Crippen LogP contribution in [0.15, 0.2) is 48.6 Å². The van der Waals surface area contributed by atoms with E-state index in [1.165, 1.54) is 29.2 Å². The lowest BCUT2D eigenvalue weighted by atomic mass is 10.0. The molecule has 1 radical (unpaired) electrons. The van der Waals surface area contributed by atoms with Crippen molar-refractivity contribution >= 4 is 10.8 Å². The van der Waals surface area contributed by atoms with Crippen LogP contribution in [0.3, 0.4) is 0 Å². The standard InChI is InChI=1S/C16H17/c1-2-3-4-5-9-14-11-8-12-15-10-6-7-13-16(14)15/h2-3,6-7,10-13H,4-5,9H2,1H3. The molecule has 0 unspecified atom stereocenters. The summed E-state index contributed by atoms with van der Waals surface area (Å²) >= 11 is 0. The molecule has 2 aromatic rings. The molecule has 0 spiro atoms. The average Bonchev–Trinajstić information content (AvgIpc) is 2.35. The Hall–Kier alpha value is -1.56. The second-order valence-electron chi connectivity index (χ2n) is 4.03. The van der Waals surface area contributed by atoms with Crippen LogP contribution >= 0.6 is 0 Å². The SMILES string of the molecule is CC=CCCCc1c[c]cc2ccccc12. The van der Waals surface area contributed by atoms with Crippen molar-refractivity contribution in [1.29, 1.82) is 0 Å². The van der Waals surface area contributed by atoms with Crippen molar-refractivity contribution in [2.24, 2.45) is 0 Å². The molecule has 0 heteroatoms. The lowest BCUT2D eigenvalue weighted by Crippen LogP contribution is -1.87. The van der Waals surface area contributed by atoms with Crippen LogP contribution in [0, 0.1) is 6.07 Å². The van der Waals surface area contributed by atoms with Gasteiger partial charge in [0, 0.05) is 0 Å². The van der Waals surface area contributed by atoms with E-state index in [-0.39, 0.29) is 0 Å². The van der Waals surface area contributed by atoms with Gasteiger partial charge in [0.25, 0.3) is 0 Å². The van der Waals surface area contributed by atoms with Crippen molar-refractivity contribution in [2.75, 3.05) is 0 Å². The number of hydrogen-bond donors (Lipinski definition) is 0. The highest BCUT2D eigenvalue weighted by Gasteiger charge is 1.99. The van der Waals surface area contributed by atoms with Gasteiger partial charge in [-0.05, 0) is 54.7 Å². The third-order valence-corrected chi connectivity index (χ3v) is 2.86. The zero-order chi connectivity index (χ0) is 11.2. The maximum Gasteiger partial charge on any atom is -0.0151 e. The Labute approximate surface area is 97.6 Å². The molecule has 0 amide bonds. The van der Waals surface area contributed by atoms with Gasteiger partial charge < -0.3 is 0 Å². The van der Waals surface area contributed by atoms with Crippen LogP contribution in [0.1, 0.15) is 25.3 Å². The first-order valence-corrected chi connectivity index (χ1v) is 5.90. The monoisotopic (exact) mass is 209 g/mol. The Kier molecular flexibility index (Phi) is 3.76. The van der Waals surface area contributed by atoms with Crippen molar-refractivity contribution in [3.05, 3.63) is 60.2 Å². The van der Waals surface area contributed by atoms with E-state index in [0.717, 1.165) is 6.42 Å². The van der Waals surface area contributed by atoms with Crippen LogP contribution in [-0.4, -0.2) is 0 Å². The predicted molar refractivity (Wildman–Crippen MR) is 70.5 cm³/mol. The molecule has 0 atom stereocenters. The summed E-state index contributed by atoms with van der Waals surface area (Å²) in [7, 11) is 0. The minimum absolute atomic E-state index is 1.14. The van der Waals surface area contributed by atoms with Gasteiger partial charge in [0.1, 0.15) is 0 Å². The Morgan fingerprint density at radius 1 is 1.19 bits per heavy atom. The Bertz CT molecular complexity index is 475. The van der Waals surface area contributed by atoms with Crippen molar-refractivity contribution in [3.8, 4) is 0 Å². The Morgan fingerprint density at radius 3 is 2.94 bits per heavy atom. The van der Waals surface area contributed by atoms with E-state index in [4.69, 9.17) is 0 Å². The third-order valence-electron chi connectivity index (χ3n) is 2.86. The summed E-state index contributed by atoms with van der Waals surface area (Å²) < 4.78 is 0. The van der Waals surface area contributed by atoms with E-state index in [0.29, 0.717) is 0 Å². The fraction of sp³-hybridized carbons (Fsp3) is 0.250. The van der Waals surface area contributed by atoms with Gasteiger partial charge in [0.05, 0.1) is 0 Å². The minimum Gasteiger partial charge on any atom is -0.0917 e. The number of fused-ring (bicyclic) bond motifs is 1. The first-order valence-electron chi connectivity index (χ1n) is 5.90. The first kappa shape index (κ1) is 10.9. The summed E-state index contributed by atoms with van der Waals surface area (Å²) in [6, 6.07) is 16.0. The van der Waals surface area contributed by atoms with Gasteiger partial charge in [-0.2, -0.15) is 0 Å². The van der Waals surface area contributed by atoms with E-state index >= 15 is 0 Å². The summed E-state index contributed by atoms with van der Waals surface area (Å²) in [5, 5.41) is 2.67. The van der Waals surface area contributed by atoms with Gasteiger partial charge in [0.2, 0.25) is 0 Å². The normalized spacial score (nSPS) is 11.3. The van der Waals surface area contributed by atoms with Crippen molar-refractivity contribution in [1.82, 2.24) is 0 Å². The lowest BCUT2D eigenvalue weighted by Gasteiger charge is -2.05. The molecule has 0 saturated carbocycles. The van der Waals surface area contributed by atoms with E-state index in [1.54, 1.807) is 0 Å². The number of allylic oxidation sites excluding steroid dienone is 2. The van der Waals surface area contributed by atoms with Crippen molar-refractivity contribution < 1.29 is 0 Å². The molecule has 2 aromatic carbocycles. The van der Waals surface area contributed by atoms with Crippen molar-refractivity contribution in [3.63, 3.8) is 0 Å². The van der Waals surface area contributed by atoms with Crippen LogP contribution in [0.2, 0.25) is 0 Å². The van der Waals surface area contributed by atoms with Gasteiger partial charge in [0.15, 0.2) is 0 Å². The molecule has 0 saturated heterocycles. The Balaban J connectivity index is 2.17. The molecule has 0 aliphatic rings. The quantitative estimate of drug-likeness (QED) is 0.512. The van der Waals surface area contributed by atoms with E-state index in [1.807, 2.05) is 0 Å². The van der Waals surface area contributed by atoms with E-state index < -0.39 is 0 Å². The maximum atomic E-state index is 3.23. The van der Waals surface area contributed by atoms with Crippen LogP contribution in [0.4, 0.5) is 0 Å². The number of hydrogen-bond acceptors (Lipinski definition) is 0. The molecule has 2 rings (SSSR count). The fourth-order valence-electron chi connectivity index (χ4n) is 2.01. The molecule has 0 aromatic heterocycles. The largest absolute Gasteiger partial charge is 0.0917 e. The predicted octanol–water partition coefficient (Wildman–Crippen LogP) is 4.54. The molecular weight excluding hydrogens is 192 g/mol. The second kappa shape index (κ2) is 5.50. The highest BCUT2D eigenvalue weighted by Crippen LogP contribution is 2.19. The molecule has 0 aliphatic heterocycles. The molecule has 0 fully saturated rings. The van der Waals surface area contributed by atoms with E-state index in [2.05, 4.69) is 61.5 Å². The second-order valence-corrected chi connectivity index (χ2v) is 4.03. The van der Waals surface area contributed by atoms with Gasteiger partial charge in [-0.15, -0.1) is 0 Å². The van der Waals surface area contributed by atoms with Gasteiger partial charge >= 0.3 is 0 Å². The van der Waals surface area contributed by atoms with E-state index in [9.17, 15) is 0 Å². The lowest BCUT2D eigenvalue weighted by molar-refractivity contribution is 0.847. The summed E-state index contributed by atoms with van der Waals surface area (Å²) in [4.78, 5) is 0. The minimum atomic E-state index is 1.14. The summed E-state index contributed by atoms with van der Waals surface area (Å²) in [6.07, 6.45) is 7.87. The average molecular weight is 209 g/mol. The van der Waals surface area contributed by atoms with Crippen LogP contribution in [-0.2, 0) is 6.42 Å². The number of benzene rings is 2. The zero-order valence-corrected chi connectivity index (χ0v) is 9.74. The molecule has 0 N–H and O–H groups in total. The summed E-state index contributed by atoms with van der Waals surface area (Å²) in [5.41, 5.74) is 1.42. The molecule has 16 heavy (non-hydrogen) atoms. The zero-order valence-electron chi connectivity index (χ0n) is 9.74. The molecular formula is C16H17. The van der Waals surface area contributed by atoms with Gasteiger partial charge in [-0.1, -0.05) is 42.5 Å². The topological polar surface area (TPSA) is 0 Å². The molecule has 81 valence electrons. The van der Waals surface area contributed by atoms with Gasteiger partial charge in [-0.25, -0.2) is 0 Å². The molecule has 0 nitrogen and oxygen atoms in total. The van der Waals surface area contributed by atoms with Crippen LogP contribution in [0.5, 0.6) is 0 Å². The van der Waals surface area contributed by atoms with Crippen LogP contribution in [0.25, 0.3) is 10.8 Å². The number of aryl methyl sites for hydroxylation is 1. The smallest absolute Gasteiger partial charge is 0.0151 e. The molecule has 0 heterocycles. The summed E-state index contributed by atoms with van der Waals surface area (Å²) in [5.74, 6) is 0. The van der Waals surface area contributed by atoms with Crippen LogP contribution < -0.4 is 0 Å². The Morgan fingerprint density at radius 2 is 2.06 bits per heavy atom. The van der Waals surface area contributed by atoms with Crippen molar-refractivity contribution in [2.45, 2.75) is 26.2 Å². The first-order chi connectivity index (χ1) is 7.92. The number of rotatable bonds is 4. The number of unbranched alkanes of at least 4 members (excludes halogenated alkanes) is 1. The third kappa shape index (κ3) is 2.52. The highest BCUT2D eigenvalue weighted by molar-refractivity contribution is 5.85. The fourth-order valence-corrected chi connectivity index (χ4v) is 2.01. The molecule has 0 bridgehead atoms. The highest BCUT2D eigenvalue weighted by atomic mass is 14.0. The summed E-state index contributed by atoms with van der Waals surface area (Å²) in [6.45, 7) is 2.08. The molecule has 0 aliphatic carbocycles. The maximum absolute atomic E-state index is 3.23. The van der Waals surface area contributed by atoms with Gasteiger partial charge in [-0.3, -0.25) is 0 Å².